The second-order valence-electron chi connectivity index (χ2n) is 5.34. The molecular weight excluding hydrogens is 330 g/mol. The Kier molecular flexibility index (Phi) is 4.77. The van der Waals surface area contributed by atoms with Crippen LogP contribution in [0.2, 0.25) is 5.02 Å². The van der Waals surface area contributed by atoms with Gasteiger partial charge in [0.25, 0.3) is 5.91 Å². The zero-order chi connectivity index (χ0) is 16.5. The maximum absolute atomic E-state index is 12.5. The third kappa shape index (κ3) is 3.59. The van der Waals surface area contributed by atoms with E-state index < -0.39 is 27.6 Å². The fraction of sp³-hybridized carbons (Fsp3) is 0.429. The van der Waals surface area contributed by atoms with Gasteiger partial charge >= 0.3 is 5.97 Å². The number of benzene rings is 1. The van der Waals surface area contributed by atoms with E-state index in [-0.39, 0.29) is 22.0 Å². The smallest absolute Gasteiger partial charge is 0.308 e. The summed E-state index contributed by atoms with van der Waals surface area (Å²) in [5.41, 5.74) is 0.0793. The van der Waals surface area contributed by atoms with Gasteiger partial charge in [-0.25, -0.2) is 8.42 Å². The lowest BCUT2D eigenvalue weighted by Crippen LogP contribution is -2.42. The average molecular weight is 346 g/mol. The molecule has 0 aromatic heterocycles. The van der Waals surface area contributed by atoms with E-state index in [2.05, 4.69) is 0 Å². The lowest BCUT2D eigenvalue weighted by Gasteiger charge is -2.31. The fourth-order valence-corrected chi connectivity index (χ4v) is 3.28. The molecule has 0 radical (unpaired) electrons. The Labute approximate surface area is 133 Å². The second-order valence-corrected chi connectivity index (χ2v) is 7.77. The fourth-order valence-electron chi connectivity index (χ4n) is 2.43. The first kappa shape index (κ1) is 16.8. The number of carbonyl (C=O) groups is 2. The van der Waals surface area contributed by atoms with Crippen molar-refractivity contribution in [1.29, 1.82) is 0 Å². The Morgan fingerprint density at radius 2 is 2.05 bits per heavy atom. The summed E-state index contributed by atoms with van der Waals surface area (Å²) in [6.45, 7) is 0.537. The quantitative estimate of drug-likeness (QED) is 0.899. The number of aliphatic carboxylic acids is 1. The van der Waals surface area contributed by atoms with Crippen LogP contribution in [-0.4, -0.2) is 49.6 Å². The molecular formula is C14H16ClNO5S. The summed E-state index contributed by atoms with van der Waals surface area (Å²) in [5.74, 6) is -1.98. The van der Waals surface area contributed by atoms with Crippen molar-refractivity contribution in [3.05, 3.63) is 28.8 Å². The molecule has 1 aliphatic heterocycles. The first-order valence-corrected chi connectivity index (χ1v) is 8.99. The van der Waals surface area contributed by atoms with Gasteiger partial charge in [0.1, 0.15) is 0 Å². The Balaban J connectivity index is 2.31. The number of piperidine rings is 1. The maximum Gasteiger partial charge on any atom is 0.308 e. The van der Waals surface area contributed by atoms with Gasteiger partial charge in [0.2, 0.25) is 0 Å². The van der Waals surface area contributed by atoms with Crippen LogP contribution in [-0.2, 0) is 14.6 Å². The Morgan fingerprint density at radius 1 is 1.36 bits per heavy atom. The predicted molar refractivity (Wildman–Crippen MR) is 80.8 cm³/mol. The maximum atomic E-state index is 12.5. The molecule has 22 heavy (non-hydrogen) atoms. The second kappa shape index (κ2) is 6.26. The molecule has 1 heterocycles. The van der Waals surface area contributed by atoms with E-state index in [9.17, 15) is 18.0 Å². The van der Waals surface area contributed by atoms with Gasteiger partial charge in [-0.1, -0.05) is 11.6 Å². The van der Waals surface area contributed by atoms with Crippen LogP contribution < -0.4 is 0 Å². The van der Waals surface area contributed by atoms with Crippen LogP contribution in [0.1, 0.15) is 23.2 Å². The highest BCUT2D eigenvalue weighted by Gasteiger charge is 2.29. The minimum absolute atomic E-state index is 0.00652. The molecule has 8 heteroatoms. The molecule has 0 saturated carbocycles. The lowest BCUT2D eigenvalue weighted by atomic mass is 9.97. The normalized spacial score (nSPS) is 19.0. The Hall–Kier alpha value is -1.60. The molecule has 1 saturated heterocycles. The summed E-state index contributed by atoms with van der Waals surface area (Å²) in [6.07, 6.45) is 2.16. The van der Waals surface area contributed by atoms with Gasteiger partial charge in [-0.05, 0) is 31.0 Å². The molecule has 1 atom stereocenters. The summed E-state index contributed by atoms with van der Waals surface area (Å²) >= 11 is 6.00. The highest BCUT2D eigenvalue weighted by Crippen LogP contribution is 2.25. The molecule has 1 aromatic carbocycles. The van der Waals surface area contributed by atoms with Gasteiger partial charge in [0.15, 0.2) is 9.84 Å². The largest absolute Gasteiger partial charge is 0.481 e. The third-order valence-electron chi connectivity index (χ3n) is 3.65. The van der Waals surface area contributed by atoms with Crippen molar-refractivity contribution < 1.29 is 23.1 Å². The predicted octanol–water partition coefficient (Wildman–Crippen LogP) is 1.68. The van der Waals surface area contributed by atoms with Crippen LogP contribution >= 0.6 is 11.6 Å². The van der Waals surface area contributed by atoms with Crippen LogP contribution in [0, 0.1) is 5.92 Å². The van der Waals surface area contributed by atoms with E-state index in [1.54, 1.807) is 0 Å². The number of amides is 1. The van der Waals surface area contributed by atoms with Crippen molar-refractivity contribution in [2.24, 2.45) is 5.92 Å². The number of hydrogen-bond acceptors (Lipinski definition) is 4. The van der Waals surface area contributed by atoms with Crippen LogP contribution in [0.5, 0.6) is 0 Å². The Morgan fingerprint density at radius 3 is 2.64 bits per heavy atom. The highest BCUT2D eigenvalue weighted by molar-refractivity contribution is 7.90. The van der Waals surface area contributed by atoms with Crippen molar-refractivity contribution in [3.8, 4) is 0 Å². The molecule has 0 spiro atoms. The number of carboxylic acid groups (broad SMARTS) is 1. The first-order valence-electron chi connectivity index (χ1n) is 6.72. The van der Waals surface area contributed by atoms with Crippen LogP contribution in [0.4, 0.5) is 0 Å². The number of rotatable bonds is 3. The van der Waals surface area contributed by atoms with Crippen molar-refractivity contribution >= 4 is 33.3 Å². The number of sulfone groups is 1. The van der Waals surface area contributed by atoms with E-state index >= 15 is 0 Å². The zero-order valence-electron chi connectivity index (χ0n) is 12.0. The van der Waals surface area contributed by atoms with E-state index in [1.807, 2.05) is 0 Å². The number of hydrogen-bond donors (Lipinski definition) is 1. The molecule has 120 valence electrons. The van der Waals surface area contributed by atoms with Gasteiger partial charge in [0.05, 0.1) is 21.4 Å². The van der Waals surface area contributed by atoms with E-state index in [4.69, 9.17) is 16.7 Å². The van der Waals surface area contributed by atoms with Crippen LogP contribution in [0.15, 0.2) is 23.1 Å². The minimum atomic E-state index is -3.45. The minimum Gasteiger partial charge on any atom is -0.481 e. The van der Waals surface area contributed by atoms with Gasteiger partial charge in [-0.2, -0.15) is 0 Å². The van der Waals surface area contributed by atoms with Crippen molar-refractivity contribution in [1.82, 2.24) is 4.90 Å². The lowest BCUT2D eigenvalue weighted by molar-refractivity contribution is -0.143. The highest BCUT2D eigenvalue weighted by atomic mass is 35.5. The monoisotopic (exact) mass is 345 g/mol. The van der Waals surface area contributed by atoms with Crippen molar-refractivity contribution in [2.45, 2.75) is 17.7 Å². The van der Waals surface area contributed by atoms with Crippen LogP contribution in [0.3, 0.4) is 0 Å². The summed E-state index contributed by atoms with van der Waals surface area (Å²) in [5, 5.41) is 9.22. The number of halogens is 1. The topological polar surface area (TPSA) is 91.8 Å². The van der Waals surface area contributed by atoms with Crippen molar-refractivity contribution in [2.75, 3.05) is 19.3 Å². The molecule has 1 amide bonds. The number of carboxylic acids is 1. The molecule has 1 aliphatic rings. The number of carbonyl (C=O) groups excluding carboxylic acids is 1. The molecule has 0 unspecified atom stereocenters. The van der Waals surface area contributed by atoms with Gasteiger partial charge in [-0.3, -0.25) is 9.59 Å². The SMILES string of the molecule is CS(=O)(=O)c1ccc(Cl)c(C(=O)N2CCC[C@@H](C(=O)O)C2)c1. The van der Waals surface area contributed by atoms with Gasteiger partial charge < -0.3 is 10.0 Å². The standard InChI is InChI=1S/C14H16ClNO5S/c1-22(20,21)10-4-5-12(15)11(7-10)13(17)16-6-2-3-9(8-16)14(18)19/h4-5,7,9H,2-3,6,8H2,1H3,(H,18,19)/t9-/m1/s1. The molecule has 1 N–H and O–H groups in total. The summed E-state index contributed by atoms with van der Waals surface area (Å²) < 4.78 is 23.2. The van der Waals surface area contributed by atoms with Crippen molar-refractivity contribution in [3.63, 3.8) is 0 Å². The number of nitrogens with zero attached hydrogens (tertiary/aromatic N) is 1. The van der Waals surface area contributed by atoms with E-state index in [0.29, 0.717) is 19.4 Å². The molecule has 6 nitrogen and oxygen atoms in total. The molecule has 0 bridgehead atoms. The average Bonchev–Trinajstić information content (AvgIpc) is 2.46. The summed E-state index contributed by atoms with van der Waals surface area (Å²) in [4.78, 5) is 25.0. The first-order chi connectivity index (χ1) is 10.2. The van der Waals surface area contributed by atoms with E-state index in [1.165, 1.54) is 23.1 Å². The third-order valence-corrected chi connectivity index (χ3v) is 5.09. The molecule has 0 aliphatic carbocycles. The zero-order valence-corrected chi connectivity index (χ0v) is 13.5. The van der Waals surface area contributed by atoms with Gasteiger partial charge in [-0.15, -0.1) is 0 Å². The van der Waals surface area contributed by atoms with Gasteiger partial charge in [0, 0.05) is 19.3 Å². The summed E-state index contributed by atoms with van der Waals surface area (Å²) in [6, 6.07) is 3.94. The number of likely N-dealkylation sites (tertiary alicyclic amines) is 1. The molecule has 1 aromatic rings. The molecule has 2 rings (SSSR count). The van der Waals surface area contributed by atoms with E-state index in [0.717, 1.165) is 6.26 Å². The van der Waals surface area contributed by atoms with Crippen LogP contribution in [0.25, 0.3) is 0 Å². The molecule has 1 fully saturated rings. The Bertz CT molecular complexity index is 716. The summed E-state index contributed by atoms with van der Waals surface area (Å²) in [7, 11) is -3.45.